The van der Waals surface area contributed by atoms with Crippen molar-refractivity contribution in [1.82, 2.24) is 0 Å². The molecular weight excluding hydrogens is 523 g/mol. The van der Waals surface area contributed by atoms with Crippen LogP contribution in [0.4, 0.5) is 11.4 Å². The van der Waals surface area contributed by atoms with Crippen LogP contribution < -0.4 is 9.44 Å². The molecule has 0 heterocycles. The minimum atomic E-state index is -3.95. The Morgan fingerprint density at radius 3 is 1.79 bits per heavy atom. The van der Waals surface area contributed by atoms with Crippen LogP contribution in [-0.2, 0) is 20.0 Å². The summed E-state index contributed by atoms with van der Waals surface area (Å²) in [7, 11) is -7.75. The molecule has 3 aromatic rings. The van der Waals surface area contributed by atoms with Gasteiger partial charge in [0.15, 0.2) is 0 Å². The lowest BCUT2D eigenvalue weighted by Crippen LogP contribution is -2.14. The molecule has 11 heteroatoms. The number of halogens is 3. The Kier molecular flexibility index (Phi) is 6.45. The molecule has 0 saturated heterocycles. The first-order valence-electron chi connectivity index (χ1n) is 7.94. The van der Waals surface area contributed by atoms with Gasteiger partial charge in [0.2, 0.25) is 0 Å². The fourth-order valence-corrected chi connectivity index (χ4v) is 5.11. The Hall–Kier alpha value is -1.78. The van der Waals surface area contributed by atoms with E-state index in [1.807, 2.05) is 0 Å². The first kappa shape index (κ1) is 21.9. The van der Waals surface area contributed by atoms with E-state index in [1.165, 1.54) is 48.5 Å². The summed E-state index contributed by atoms with van der Waals surface area (Å²) < 4.78 is 55.5. The molecule has 152 valence electrons. The summed E-state index contributed by atoms with van der Waals surface area (Å²) in [5.41, 5.74) is 0.354. The van der Waals surface area contributed by atoms with Crippen molar-refractivity contribution >= 4 is 70.6 Å². The summed E-state index contributed by atoms with van der Waals surface area (Å²) >= 11 is 15.2. The van der Waals surface area contributed by atoms with Crippen molar-refractivity contribution in [2.75, 3.05) is 9.44 Å². The molecule has 0 saturated carbocycles. The van der Waals surface area contributed by atoms with E-state index in [2.05, 4.69) is 25.4 Å². The van der Waals surface area contributed by atoms with Gasteiger partial charge in [0, 0.05) is 10.2 Å². The van der Waals surface area contributed by atoms with Gasteiger partial charge in [-0.1, -0.05) is 45.2 Å². The number of anilines is 2. The second kappa shape index (κ2) is 8.53. The van der Waals surface area contributed by atoms with Crippen molar-refractivity contribution in [3.8, 4) is 0 Å². The monoisotopic (exact) mass is 534 g/mol. The van der Waals surface area contributed by atoms with Gasteiger partial charge in [-0.3, -0.25) is 9.44 Å². The van der Waals surface area contributed by atoms with E-state index in [0.717, 1.165) is 4.47 Å². The first-order chi connectivity index (χ1) is 13.6. The fourth-order valence-electron chi connectivity index (χ4n) is 2.32. The largest absolute Gasteiger partial charge is 0.280 e. The summed E-state index contributed by atoms with van der Waals surface area (Å²) in [4.78, 5) is 0.00907. The van der Waals surface area contributed by atoms with Crippen molar-refractivity contribution in [3.63, 3.8) is 0 Å². The molecule has 0 radical (unpaired) electrons. The Labute approximate surface area is 187 Å². The third kappa shape index (κ3) is 5.23. The predicted octanol–water partition coefficient (Wildman–Crippen LogP) is 5.36. The van der Waals surface area contributed by atoms with Gasteiger partial charge in [-0.25, -0.2) is 16.8 Å². The molecule has 0 aliphatic carbocycles. The SMILES string of the molecule is O=S(=O)(Nc1ccc(S(=O)(=O)Nc2cccc(Cl)c2Cl)cc1)c1ccc(Br)cc1. The summed E-state index contributed by atoms with van der Waals surface area (Å²) in [6, 6.07) is 15.9. The molecule has 0 amide bonds. The summed E-state index contributed by atoms with van der Waals surface area (Å²) in [5.74, 6) is 0. The molecule has 0 fully saturated rings. The van der Waals surface area contributed by atoms with Crippen molar-refractivity contribution in [2.24, 2.45) is 0 Å². The standard InChI is InChI=1S/C18H13BrCl2N2O4S2/c19-12-4-8-14(9-5-12)28(24,25)22-13-6-10-15(11-7-13)29(26,27)23-17-3-1-2-16(20)18(17)21/h1-11,22-23H. The number of rotatable bonds is 6. The van der Waals surface area contributed by atoms with E-state index < -0.39 is 20.0 Å². The molecule has 0 aliphatic heterocycles. The Bertz CT molecular complexity index is 1250. The Balaban J connectivity index is 1.80. The highest BCUT2D eigenvalue weighted by Crippen LogP contribution is 2.31. The smallest absolute Gasteiger partial charge is 0.261 e. The van der Waals surface area contributed by atoms with Gasteiger partial charge >= 0.3 is 0 Å². The van der Waals surface area contributed by atoms with Gasteiger partial charge in [0.25, 0.3) is 20.0 Å². The minimum Gasteiger partial charge on any atom is -0.280 e. The molecule has 0 unspecified atom stereocenters. The van der Waals surface area contributed by atoms with Gasteiger partial charge in [0.1, 0.15) is 0 Å². The van der Waals surface area contributed by atoms with E-state index in [1.54, 1.807) is 18.2 Å². The van der Waals surface area contributed by atoms with Crippen molar-refractivity contribution in [2.45, 2.75) is 9.79 Å². The second-order valence-electron chi connectivity index (χ2n) is 5.79. The van der Waals surface area contributed by atoms with E-state index in [9.17, 15) is 16.8 Å². The van der Waals surface area contributed by atoms with Gasteiger partial charge in [-0.15, -0.1) is 0 Å². The molecule has 0 aromatic heterocycles. The van der Waals surface area contributed by atoms with Crippen molar-refractivity contribution in [3.05, 3.63) is 81.2 Å². The van der Waals surface area contributed by atoms with Gasteiger partial charge in [0.05, 0.1) is 25.5 Å². The molecule has 0 aliphatic rings. The van der Waals surface area contributed by atoms with Crippen LogP contribution in [-0.4, -0.2) is 16.8 Å². The van der Waals surface area contributed by atoms with Gasteiger partial charge in [-0.05, 0) is 60.7 Å². The van der Waals surface area contributed by atoms with Crippen LogP contribution in [0.1, 0.15) is 0 Å². The first-order valence-corrected chi connectivity index (χ1v) is 12.5. The minimum absolute atomic E-state index is 0.0693. The molecule has 3 aromatic carbocycles. The highest BCUT2D eigenvalue weighted by molar-refractivity contribution is 9.10. The average molecular weight is 536 g/mol. The predicted molar refractivity (Wildman–Crippen MR) is 119 cm³/mol. The molecule has 0 bridgehead atoms. The normalized spacial score (nSPS) is 11.8. The number of benzene rings is 3. The lowest BCUT2D eigenvalue weighted by Gasteiger charge is -2.12. The number of hydrogen-bond acceptors (Lipinski definition) is 4. The number of nitrogens with one attached hydrogen (secondary N) is 2. The van der Waals surface area contributed by atoms with E-state index in [-0.39, 0.29) is 31.2 Å². The topological polar surface area (TPSA) is 92.3 Å². The average Bonchev–Trinajstić information content (AvgIpc) is 2.66. The zero-order valence-corrected chi connectivity index (χ0v) is 19.2. The fraction of sp³-hybridized carbons (Fsp3) is 0. The van der Waals surface area contributed by atoms with Crippen LogP contribution in [0.3, 0.4) is 0 Å². The third-order valence-corrected chi connectivity index (χ3v) is 7.86. The summed E-state index contributed by atoms with van der Waals surface area (Å²) in [6.45, 7) is 0. The molecule has 29 heavy (non-hydrogen) atoms. The molecular formula is C18H13BrCl2N2O4S2. The summed E-state index contributed by atoms with van der Waals surface area (Å²) in [6.07, 6.45) is 0. The quantitative estimate of drug-likeness (QED) is 0.444. The third-order valence-electron chi connectivity index (χ3n) is 3.74. The molecule has 2 N–H and O–H groups in total. The van der Waals surface area contributed by atoms with Crippen LogP contribution in [0.2, 0.25) is 10.0 Å². The number of sulfonamides is 2. The molecule has 0 spiro atoms. The van der Waals surface area contributed by atoms with E-state index >= 15 is 0 Å². The van der Waals surface area contributed by atoms with Gasteiger partial charge < -0.3 is 0 Å². The Morgan fingerprint density at radius 1 is 0.690 bits per heavy atom. The van der Waals surface area contributed by atoms with Crippen LogP contribution in [0, 0.1) is 0 Å². The van der Waals surface area contributed by atoms with Crippen LogP contribution >= 0.6 is 39.1 Å². The highest BCUT2D eigenvalue weighted by Gasteiger charge is 2.18. The van der Waals surface area contributed by atoms with Crippen molar-refractivity contribution < 1.29 is 16.8 Å². The maximum absolute atomic E-state index is 12.6. The van der Waals surface area contributed by atoms with Crippen LogP contribution in [0.5, 0.6) is 0 Å². The van der Waals surface area contributed by atoms with Crippen molar-refractivity contribution in [1.29, 1.82) is 0 Å². The second-order valence-corrected chi connectivity index (χ2v) is 10.9. The summed E-state index contributed by atoms with van der Waals surface area (Å²) in [5, 5.41) is 0.293. The lowest BCUT2D eigenvalue weighted by atomic mass is 10.3. The van der Waals surface area contributed by atoms with E-state index in [0.29, 0.717) is 0 Å². The zero-order chi connectivity index (χ0) is 21.2. The number of hydrogen-bond donors (Lipinski definition) is 2. The zero-order valence-electron chi connectivity index (χ0n) is 14.4. The molecule has 3 rings (SSSR count). The van der Waals surface area contributed by atoms with Crippen LogP contribution in [0.25, 0.3) is 0 Å². The highest BCUT2D eigenvalue weighted by atomic mass is 79.9. The molecule has 6 nitrogen and oxygen atoms in total. The van der Waals surface area contributed by atoms with Crippen LogP contribution in [0.15, 0.2) is 81.0 Å². The van der Waals surface area contributed by atoms with E-state index in [4.69, 9.17) is 23.2 Å². The van der Waals surface area contributed by atoms with Gasteiger partial charge in [-0.2, -0.15) is 0 Å². The maximum atomic E-state index is 12.6. The molecule has 0 atom stereocenters. The lowest BCUT2D eigenvalue weighted by molar-refractivity contribution is 0.600. The Morgan fingerprint density at radius 2 is 1.21 bits per heavy atom. The maximum Gasteiger partial charge on any atom is 0.261 e.